The number of carboxylic acids is 1. The second kappa shape index (κ2) is 10.8. The van der Waals surface area contributed by atoms with E-state index in [4.69, 9.17) is 9.47 Å². The van der Waals surface area contributed by atoms with Gasteiger partial charge in [-0.25, -0.2) is 0 Å². The van der Waals surface area contributed by atoms with Gasteiger partial charge in [0.25, 0.3) is 0 Å². The van der Waals surface area contributed by atoms with Gasteiger partial charge in [0.15, 0.2) is 0 Å². The van der Waals surface area contributed by atoms with E-state index in [1.807, 2.05) is 12.1 Å². The number of nitrogens with zero attached hydrogens (tertiary/aromatic N) is 2. The van der Waals surface area contributed by atoms with Gasteiger partial charge < -0.3 is 19.5 Å². The van der Waals surface area contributed by atoms with Gasteiger partial charge in [-0.1, -0.05) is 18.6 Å². The fraction of sp³-hybridized carbons (Fsp3) is 0.720. The summed E-state index contributed by atoms with van der Waals surface area (Å²) in [5.74, 6) is -0.0352. The molecular weight excluding hydrogens is 392 g/mol. The zero-order valence-corrected chi connectivity index (χ0v) is 18.8. The molecule has 3 aliphatic rings. The molecule has 1 aromatic rings. The molecule has 4 rings (SSSR count). The molecule has 0 radical (unpaired) electrons. The van der Waals surface area contributed by atoms with E-state index in [2.05, 4.69) is 21.9 Å². The number of unbranched alkanes of at least 4 members (excludes halogenated alkanes) is 1. The first kappa shape index (κ1) is 22.6. The maximum atomic E-state index is 11.9. The second-order valence-electron chi connectivity index (χ2n) is 9.64. The van der Waals surface area contributed by atoms with Crippen LogP contribution in [0.25, 0.3) is 0 Å². The average Bonchev–Trinajstić information content (AvgIpc) is 3.12. The van der Waals surface area contributed by atoms with Crippen LogP contribution in [0.15, 0.2) is 24.3 Å². The molecule has 0 aromatic heterocycles. The summed E-state index contributed by atoms with van der Waals surface area (Å²) in [6.45, 7) is 8.07. The molecule has 1 spiro atoms. The summed E-state index contributed by atoms with van der Waals surface area (Å²) in [6.07, 6.45) is 8.06. The van der Waals surface area contributed by atoms with Crippen LogP contribution in [0.1, 0.15) is 50.5 Å². The van der Waals surface area contributed by atoms with Crippen molar-refractivity contribution < 1.29 is 19.4 Å². The highest BCUT2D eigenvalue weighted by Gasteiger charge is 2.50. The Hall–Kier alpha value is -1.63. The van der Waals surface area contributed by atoms with Crippen molar-refractivity contribution in [3.63, 3.8) is 0 Å². The summed E-state index contributed by atoms with van der Waals surface area (Å²) in [4.78, 5) is 16.8. The largest absolute Gasteiger partial charge is 0.494 e. The minimum Gasteiger partial charge on any atom is -0.494 e. The first-order chi connectivity index (χ1) is 15.1. The lowest BCUT2D eigenvalue weighted by Crippen LogP contribution is -2.40. The van der Waals surface area contributed by atoms with Crippen LogP contribution >= 0.6 is 0 Å². The Labute approximate surface area is 186 Å². The fourth-order valence-electron chi connectivity index (χ4n) is 5.62. The summed E-state index contributed by atoms with van der Waals surface area (Å²) in [6, 6.07) is 8.31. The van der Waals surface area contributed by atoms with E-state index in [-0.39, 0.29) is 11.3 Å². The molecule has 0 bridgehead atoms. The molecule has 3 heterocycles. The summed E-state index contributed by atoms with van der Waals surface area (Å²) in [5, 5.41) is 9.79. The Bertz CT molecular complexity index is 713. The van der Waals surface area contributed by atoms with Gasteiger partial charge in [0, 0.05) is 38.3 Å². The molecule has 0 saturated carbocycles. The third-order valence-corrected chi connectivity index (χ3v) is 7.40. The highest BCUT2D eigenvalue weighted by molar-refractivity contribution is 5.72. The predicted molar refractivity (Wildman–Crippen MR) is 120 cm³/mol. The van der Waals surface area contributed by atoms with E-state index in [1.54, 1.807) is 0 Å². The number of carboxylic acid groups (broad SMARTS) is 1. The molecule has 1 unspecified atom stereocenters. The topological polar surface area (TPSA) is 62.2 Å². The number of likely N-dealkylation sites (tertiary alicyclic amines) is 2. The third kappa shape index (κ3) is 5.99. The Balaban J connectivity index is 1.24. The van der Waals surface area contributed by atoms with E-state index in [1.165, 1.54) is 50.9 Å². The van der Waals surface area contributed by atoms with Gasteiger partial charge in [-0.2, -0.15) is 0 Å². The average molecular weight is 431 g/mol. The Morgan fingerprint density at radius 2 is 1.94 bits per heavy atom. The molecule has 172 valence electrons. The Morgan fingerprint density at radius 1 is 1.13 bits per heavy atom. The van der Waals surface area contributed by atoms with Crippen molar-refractivity contribution in [2.75, 3.05) is 52.5 Å². The number of benzene rings is 1. The fourth-order valence-corrected chi connectivity index (χ4v) is 5.62. The zero-order chi connectivity index (χ0) is 21.5. The first-order valence-corrected chi connectivity index (χ1v) is 12.1. The van der Waals surface area contributed by atoms with Gasteiger partial charge in [-0.15, -0.1) is 0 Å². The molecule has 3 aliphatic heterocycles. The van der Waals surface area contributed by atoms with Crippen molar-refractivity contribution in [3.05, 3.63) is 29.8 Å². The highest BCUT2D eigenvalue weighted by Crippen LogP contribution is 2.44. The van der Waals surface area contributed by atoms with Gasteiger partial charge in [0.05, 0.1) is 12.5 Å². The van der Waals surface area contributed by atoms with E-state index in [0.717, 1.165) is 44.7 Å². The third-order valence-electron chi connectivity index (χ3n) is 7.40. The Kier molecular flexibility index (Phi) is 7.86. The second-order valence-corrected chi connectivity index (χ2v) is 9.64. The number of hydrogen-bond donors (Lipinski definition) is 1. The normalized spacial score (nSPS) is 24.5. The van der Waals surface area contributed by atoms with Crippen molar-refractivity contribution in [1.82, 2.24) is 9.80 Å². The lowest BCUT2D eigenvalue weighted by molar-refractivity contribution is -0.147. The highest BCUT2D eigenvalue weighted by atomic mass is 16.5. The molecule has 31 heavy (non-hydrogen) atoms. The molecule has 3 saturated heterocycles. The smallest absolute Gasteiger partial charge is 0.308 e. The summed E-state index contributed by atoms with van der Waals surface area (Å²) in [7, 11) is 0. The predicted octanol–water partition coefficient (Wildman–Crippen LogP) is 3.64. The van der Waals surface area contributed by atoms with E-state index < -0.39 is 5.97 Å². The van der Waals surface area contributed by atoms with E-state index in [9.17, 15) is 9.90 Å². The van der Waals surface area contributed by atoms with E-state index in [0.29, 0.717) is 19.8 Å². The van der Waals surface area contributed by atoms with Gasteiger partial charge in [-0.05, 0) is 75.9 Å². The van der Waals surface area contributed by atoms with Crippen molar-refractivity contribution >= 4 is 5.97 Å². The van der Waals surface area contributed by atoms with Crippen LogP contribution in [0.2, 0.25) is 0 Å². The number of ether oxygens (including phenoxy) is 2. The standard InChI is InChI=1S/C25H38N2O4/c28-24(29)23-19-27(20-25(23)9-15-30-16-10-25)18-21-7-6-8-22(17-21)31-14-5-4-13-26-11-2-1-3-12-26/h6-8,17,23H,1-5,9-16,18-20H2,(H,28,29). The minimum absolute atomic E-state index is 0.132. The van der Waals surface area contributed by atoms with Crippen molar-refractivity contribution in [1.29, 1.82) is 0 Å². The maximum absolute atomic E-state index is 11.9. The van der Waals surface area contributed by atoms with Gasteiger partial charge in [0.2, 0.25) is 0 Å². The molecule has 1 N–H and O–H groups in total. The molecule has 1 aromatic carbocycles. The summed E-state index contributed by atoms with van der Waals surface area (Å²) < 4.78 is 11.5. The van der Waals surface area contributed by atoms with Crippen LogP contribution in [0.5, 0.6) is 5.75 Å². The van der Waals surface area contributed by atoms with Crippen LogP contribution in [0, 0.1) is 11.3 Å². The molecule has 1 atom stereocenters. The quantitative estimate of drug-likeness (QED) is 0.604. The number of carbonyl (C=O) groups is 1. The Morgan fingerprint density at radius 3 is 2.71 bits per heavy atom. The lowest BCUT2D eigenvalue weighted by atomic mass is 9.72. The molecule has 6 nitrogen and oxygen atoms in total. The van der Waals surface area contributed by atoms with Crippen LogP contribution in [-0.2, 0) is 16.1 Å². The molecule has 0 amide bonds. The summed E-state index contributed by atoms with van der Waals surface area (Å²) >= 11 is 0. The zero-order valence-electron chi connectivity index (χ0n) is 18.8. The van der Waals surface area contributed by atoms with E-state index >= 15 is 0 Å². The van der Waals surface area contributed by atoms with Crippen LogP contribution < -0.4 is 4.74 Å². The summed E-state index contributed by atoms with van der Waals surface area (Å²) in [5.41, 5.74) is 1.06. The first-order valence-electron chi connectivity index (χ1n) is 12.1. The number of rotatable bonds is 9. The number of hydrogen-bond acceptors (Lipinski definition) is 5. The number of piperidine rings is 1. The molecular formula is C25H38N2O4. The molecule has 3 fully saturated rings. The van der Waals surface area contributed by atoms with Crippen LogP contribution in [-0.4, -0.2) is 73.4 Å². The van der Waals surface area contributed by atoms with Crippen molar-refractivity contribution in [2.24, 2.45) is 11.3 Å². The van der Waals surface area contributed by atoms with Crippen LogP contribution in [0.4, 0.5) is 0 Å². The monoisotopic (exact) mass is 430 g/mol. The maximum Gasteiger partial charge on any atom is 0.308 e. The van der Waals surface area contributed by atoms with Gasteiger partial charge in [0.1, 0.15) is 5.75 Å². The number of aliphatic carboxylic acids is 1. The van der Waals surface area contributed by atoms with Crippen molar-refractivity contribution in [2.45, 2.75) is 51.5 Å². The van der Waals surface area contributed by atoms with Gasteiger partial charge in [-0.3, -0.25) is 9.69 Å². The van der Waals surface area contributed by atoms with Gasteiger partial charge >= 0.3 is 5.97 Å². The lowest BCUT2D eigenvalue weighted by Gasteiger charge is -2.36. The minimum atomic E-state index is -0.661. The van der Waals surface area contributed by atoms with Crippen LogP contribution in [0.3, 0.4) is 0 Å². The molecule has 6 heteroatoms. The van der Waals surface area contributed by atoms with Crippen molar-refractivity contribution in [3.8, 4) is 5.75 Å². The SMILES string of the molecule is O=C(O)C1CN(Cc2cccc(OCCCCN3CCCCC3)c2)CC12CCOCC2. The molecule has 0 aliphatic carbocycles.